The molecule has 2 aromatic carbocycles. The number of nitriles is 1. The molecule has 3 aromatic rings. The van der Waals surface area contributed by atoms with Gasteiger partial charge in [-0.15, -0.1) is 0 Å². The number of furan rings is 1. The first-order valence-corrected chi connectivity index (χ1v) is 8.24. The van der Waals surface area contributed by atoms with Crippen LogP contribution in [-0.2, 0) is 11.2 Å². The summed E-state index contributed by atoms with van der Waals surface area (Å²) in [5.41, 5.74) is 4.57. The highest BCUT2D eigenvalue weighted by Gasteiger charge is 2.08. The van der Waals surface area contributed by atoms with Crippen LogP contribution in [0, 0.1) is 11.3 Å². The smallest absolute Gasteiger partial charge is 0.244 e. The summed E-state index contributed by atoms with van der Waals surface area (Å²) in [7, 11) is 1.59. The van der Waals surface area contributed by atoms with E-state index < -0.39 is 0 Å². The Morgan fingerprint density at radius 1 is 1.19 bits per heavy atom. The molecular weight excluding hydrogens is 342 g/mol. The monoisotopic (exact) mass is 359 g/mol. The third-order valence-corrected chi connectivity index (χ3v) is 3.84. The van der Waals surface area contributed by atoms with Gasteiger partial charge in [0.25, 0.3) is 0 Å². The molecule has 0 aliphatic carbocycles. The number of ether oxygens (including phenoxy) is 1. The summed E-state index contributed by atoms with van der Waals surface area (Å²) in [5, 5.41) is 13.1. The highest BCUT2D eigenvalue weighted by atomic mass is 16.5. The summed E-state index contributed by atoms with van der Waals surface area (Å²) in [4.78, 5) is 11.9. The largest absolute Gasteiger partial charge is 0.497 e. The van der Waals surface area contributed by atoms with Crippen molar-refractivity contribution in [3.8, 4) is 23.1 Å². The Bertz CT molecular complexity index is 998. The third-order valence-electron chi connectivity index (χ3n) is 3.84. The molecule has 0 aliphatic heterocycles. The maximum absolute atomic E-state index is 11.9. The minimum absolute atomic E-state index is 0.209. The fraction of sp³-hybridized carbons (Fsp3) is 0.0952. The van der Waals surface area contributed by atoms with Gasteiger partial charge < -0.3 is 9.15 Å². The predicted molar refractivity (Wildman–Crippen MR) is 101 cm³/mol. The van der Waals surface area contributed by atoms with E-state index in [1.54, 1.807) is 43.5 Å². The predicted octanol–water partition coefficient (Wildman–Crippen LogP) is 3.52. The van der Waals surface area contributed by atoms with Gasteiger partial charge in [-0.1, -0.05) is 24.3 Å². The normalized spacial score (nSPS) is 10.5. The van der Waals surface area contributed by atoms with Crippen molar-refractivity contribution in [3.05, 3.63) is 77.6 Å². The van der Waals surface area contributed by atoms with Crippen LogP contribution in [-0.4, -0.2) is 19.2 Å². The Labute approximate surface area is 156 Å². The van der Waals surface area contributed by atoms with Crippen LogP contribution in [0.15, 0.2) is 70.2 Å². The number of methoxy groups -OCH3 is 1. The second-order valence-corrected chi connectivity index (χ2v) is 5.68. The molecule has 6 nitrogen and oxygen atoms in total. The van der Waals surface area contributed by atoms with Crippen LogP contribution in [0.2, 0.25) is 0 Å². The molecule has 1 aromatic heterocycles. The number of carbonyl (C=O) groups excluding carboxylic acids is 1. The highest BCUT2D eigenvalue weighted by Crippen LogP contribution is 2.24. The topological polar surface area (TPSA) is 87.6 Å². The van der Waals surface area contributed by atoms with Crippen molar-refractivity contribution >= 4 is 12.1 Å². The van der Waals surface area contributed by atoms with E-state index in [2.05, 4.69) is 16.6 Å². The number of nitrogens with one attached hydrogen (secondary N) is 1. The van der Waals surface area contributed by atoms with E-state index in [0.29, 0.717) is 22.6 Å². The van der Waals surface area contributed by atoms with Gasteiger partial charge in [-0.2, -0.15) is 10.4 Å². The van der Waals surface area contributed by atoms with Crippen molar-refractivity contribution < 1.29 is 13.9 Å². The van der Waals surface area contributed by atoms with Crippen LogP contribution in [0.4, 0.5) is 0 Å². The summed E-state index contributed by atoms with van der Waals surface area (Å²) < 4.78 is 10.8. The van der Waals surface area contributed by atoms with Crippen LogP contribution in [0.3, 0.4) is 0 Å². The van der Waals surface area contributed by atoms with E-state index in [9.17, 15) is 4.79 Å². The zero-order valence-corrected chi connectivity index (χ0v) is 14.7. The molecule has 0 aliphatic rings. The highest BCUT2D eigenvalue weighted by molar-refractivity contribution is 5.82. The van der Waals surface area contributed by atoms with Gasteiger partial charge in [0, 0.05) is 5.56 Å². The van der Waals surface area contributed by atoms with Gasteiger partial charge in [0.2, 0.25) is 5.91 Å². The van der Waals surface area contributed by atoms with Crippen LogP contribution >= 0.6 is 0 Å². The van der Waals surface area contributed by atoms with E-state index in [-0.39, 0.29) is 12.3 Å². The molecule has 1 N–H and O–H groups in total. The first-order chi connectivity index (χ1) is 13.2. The molecule has 3 rings (SSSR count). The van der Waals surface area contributed by atoms with Crippen molar-refractivity contribution in [1.82, 2.24) is 5.43 Å². The van der Waals surface area contributed by atoms with Crippen LogP contribution in [0.1, 0.15) is 16.9 Å². The van der Waals surface area contributed by atoms with Gasteiger partial charge in [0.05, 0.1) is 31.4 Å². The number of carbonyl (C=O) groups is 1. The molecule has 0 unspecified atom stereocenters. The minimum Gasteiger partial charge on any atom is -0.497 e. The average molecular weight is 359 g/mol. The van der Waals surface area contributed by atoms with Crippen molar-refractivity contribution in [1.29, 1.82) is 5.26 Å². The second-order valence-electron chi connectivity index (χ2n) is 5.68. The Morgan fingerprint density at radius 2 is 1.96 bits per heavy atom. The number of hydrogen-bond donors (Lipinski definition) is 1. The summed E-state index contributed by atoms with van der Waals surface area (Å²) in [6, 6.07) is 20.1. The molecule has 1 heterocycles. The van der Waals surface area contributed by atoms with E-state index in [4.69, 9.17) is 14.4 Å². The van der Waals surface area contributed by atoms with Crippen LogP contribution in [0.25, 0.3) is 11.3 Å². The number of hydrazone groups is 1. The number of rotatable bonds is 6. The molecule has 0 saturated carbocycles. The van der Waals surface area contributed by atoms with Gasteiger partial charge >= 0.3 is 0 Å². The third kappa shape index (κ3) is 4.61. The molecule has 0 atom stereocenters. The number of nitrogens with zero attached hydrogens (tertiary/aromatic N) is 2. The lowest BCUT2D eigenvalue weighted by Crippen LogP contribution is -2.19. The molecule has 0 fully saturated rings. The Morgan fingerprint density at radius 3 is 2.70 bits per heavy atom. The van der Waals surface area contributed by atoms with Crippen molar-refractivity contribution in [2.75, 3.05) is 7.11 Å². The van der Waals surface area contributed by atoms with E-state index >= 15 is 0 Å². The lowest BCUT2D eigenvalue weighted by atomic mass is 10.1. The van der Waals surface area contributed by atoms with Gasteiger partial charge in [-0.05, 0) is 42.0 Å². The summed E-state index contributed by atoms with van der Waals surface area (Å²) in [5.74, 6) is 1.54. The minimum atomic E-state index is -0.238. The zero-order chi connectivity index (χ0) is 19.1. The zero-order valence-electron chi connectivity index (χ0n) is 14.7. The number of benzene rings is 2. The van der Waals surface area contributed by atoms with Gasteiger partial charge in [-0.3, -0.25) is 4.79 Å². The lowest BCUT2D eigenvalue weighted by Gasteiger charge is -2.02. The second kappa shape index (κ2) is 8.50. The number of hydrogen-bond acceptors (Lipinski definition) is 5. The Kier molecular flexibility index (Phi) is 5.65. The first kappa shape index (κ1) is 18.0. The molecule has 134 valence electrons. The molecule has 0 radical (unpaired) electrons. The van der Waals surface area contributed by atoms with Crippen molar-refractivity contribution in [2.24, 2.45) is 5.10 Å². The average Bonchev–Trinajstić information content (AvgIpc) is 3.17. The lowest BCUT2D eigenvalue weighted by molar-refractivity contribution is -0.120. The molecule has 0 spiro atoms. The van der Waals surface area contributed by atoms with E-state index in [1.807, 2.05) is 24.3 Å². The molecule has 0 bridgehead atoms. The Balaban J connectivity index is 1.59. The molecular formula is C21H17N3O3. The van der Waals surface area contributed by atoms with Gasteiger partial charge in [-0.25, -0.2) is 5.43 Å². The van der Waals surface area contributed by atoms with E-state index in [1.165, 1.54) is 6.21 Å². The Hall–Kier alpha value is -3.85. The fourth-order valence-corrected chi connectivity index (χ4v) is 2.50. The molecule has 1 amide bonds. The van der Waals surface area contributed by atoms with Crippen molar-refractivity contribution in [3.63, 3.8) is 0 Å². The summed E-state index contributed by atoms with van der Waals surface area (Å²) in [6.07, 6.45) is 1.63. The quantitative estimate of drug-likeness (QED) is 0.539. The summed E-state index contributed by atoms with van der Waals surface area (Å²) in [6.45, 7) is 0. The molecule has 0 saturated heterocycles. The fourth-order valence-electron chi connectivity index (χ4n) is 2.50. The van der Waals surface area contributed by atoms with Crippen LogP contribution in [0.5, 0.6) is 5.75 Å². The van der Waals surface area contributed by atoms with Crippen LogP contribution < -0.4 is 10.2 Å². The van der Waals surface area contributed by atoms with Crippen molar-refractivity contribution in [2.45, 2.75) is 6.42 Å². The van der Waals surface area contributed by atoms with E-state index in [0.717, 1.165) is 11.3 Å². The maximum Gasteiger partial charge on any atom is 0.244 e. The molecule has 6 heteroatoms. The standard InChI is InChI=1S/C21H17N3O3/c1-26-17-8-6-15(7-9-17)12-21(25)24-23-14-18-10-11-20(27-18)19-5-3-2-4-16(19)13-22/h2-11,14H,12H2,1H3,(H,24,25)/b23-14-. The first-order valence-electron chi connectivity index (χ1n) is 8.24. The molecule has 27 heavy (non-hydrogen) atoms. The number of amides is 1. The maximum atomic E-state index is 11.9. The summed E-state index contributed by atoms with van der Waals surface area (Å²) >= 11 is 0. The SMILES string of the molecule is COc1ccc(CC(=O)N/N=C\c2ccc(-c3ccccc3C#N)o2)cc1. The van der Waals surface area contributed by atoms with Gasteiger partial charge in [0.15, 0.2) is 0 Å². The van der Waals surface area contributed by atoms with Gasteiger partial charge in [0.1, 0.15) is 17.3 Å².